The van der Waals surface area contributed by atoms with Crippen LogP contribution in [0.5, 0.6) is 0 Å². The minimum Gasteiger partial charge on any atom is -0.339 e. The van der Waals surface area contributed by atoms with Gasteiger partial charge in [0.1, 0.15) is 0 Å². The molecule has 6 nitrogen and oxygen atoms in total. The number of nitrogens with one attached hydrogen (secondary N) is 1. The monoisotopic (exact) mass is 410 g/mol. The van der Waals surface area contributed by atoms with Gasteiger partial charge in [0.05, 0.1) is 5.92 Å². The zero-order valence-electron chi connectivity index (χ0n) is 16.5. The van der Waals surface area contributed by atoms with Crippen molar-refractivity contribution in [2.45, 2.75) is 32.6 Å². The van der Waals surface area contributed by atoms with Crippen molar-refractivity contribution in [3.63, 3.8) is 0 Å². The van der Waals surface area contributed by atoms with Crippen LogP contribution in [0.25, 0.3) is 11.4 Å². The van der Waals surface area contributed by atoms with Crippen molar-refractivity contribution in [2.75, 3.05) is 18.4 Å². The molecular weight excluding hydrogens is 388 g/mol. The van der Waals surface area contributed by atoms with E-state index in [9.17, 15) is 4.79 Å². The second-order valence-electron chi connectivity index (χ2n) is 7.43. The SMILES string of the molecule is Cc1cccc(NC(=O)N2CCC[C@@H](c3nc(-c4cccc(Cl)c4)no3)C2)c1C. The van der Waals surface area contributed by atoms with Crippen LogP contribution in [0, 0.1) is 13.8 Å². The molecule has 0 unspecified atom stereocenters. The first kappa shape index (κ1) is 19.5. The minimum absolute atomic E-state index is 0.0218. The van der Waals surface area contributed by atoms with Crippen LogP contribution in [-0.4, -0.2) is 34.2 Å². The first-order valence-electron chi connectivity index (χ1n) is 9.73. The minimum atomic E-state index is -0.0991. The number of amides is 2. The zero-order chi connectivity index (χ0) is 20.4. The third-order valence-corrected chi connectivity index (χ3v) is 5.66. The predicted octanol–water partition coefficient (Wildman–Crippen LogP) is 5.42. The normalized spacial score (nSPS) is 16.7. The van der Waals surface area contributed by atoms with Gasteiger partial charge in [-0.1, -0.05) is 41.0 Å². The third-order valence-electron chi connectivity index (χ3n) is 5.43. The Morgan fingerprint density at radius 2 is 2.07 bits per heavy atom. The molecule has 4 rings (SSSR count). The zero-order valence-corrected chi connectivity index (χ0v) is 17.2. The number of carbonyl (C=O) groups excluding carboxylic acids is 1. The number of benzene rings is 2. The quantitative estimate of drug-likeness (QED) is 0.625. The molecule has 1 atom stereocenters. The summed E-state index contributed by atoms with van der Waals surface area (Å²) in [5.41, 5.74) is 3.89. The Hall–Kier alpha value is -2.86. The Morgan fingerprint density at radius 1 is 1.24 bits per heavy atom. The van der Waals surface area contributed by atoms with Crippen LogP contribution in [0.2, 0.25) is 5.02 Å². The van der Waals surface area contributed by atoms with Gasteiger partial charge in [0.2, 0.25) is 11.7 Å². The number of carbonyl (C=O) groups is 1. The van der Waals surface area contributed by atoms with Crippen LogP contribution in [0.4, 0.5) is 10.5 Å². The molecule has 1 saturated heterocycles. The highest BCUT2D eigenvalue weighted by molar-refractivity contribution is 6.30. The molecule has 150 valence electrons. The number of hydrogen-bond acceptors (Lipinski definition) is 4. The summed E-state index contributed by atoms with van der Waals surface area (Å²) in [6.45, 7) is 5.31. The van der Waals surface area contributed by atoms with E-state index in [1.807, 2.05) is 49.1 Å². The second-order valence-corrected chi connectivity index (χ2v) is 7.87. The topological polar surface area (TPSA) is 71.3 Å². The number of aromatic nitrogens is 2. The van der Waals surface area contributed by atoms with Crippen molar-refractivity contribution in [3.8, 4) is 11.4 Å². The lowest BCUT2D eigenvalue weighted by Gasteiger charge is -2.31. The standard InChI is InChI=1S/C22H23ClN4O2/c1-14-6-3-10-19(15(14)2)24-22(28)27-11-5-8-17(13-27)21-25-20(26-29-21)16-7-4-9-18(23)12-16/h3-4,6-7,9-10,12,17H,5,8,11,13H2,1-2H3,(H,24,28)/t17-/m1/s1. The van der Waals surface area contributed by atoms with E-state index in [-0.39, 0.29) is 11.9 Å². The lowest BCUT2D eigenvalue weighted by Crippen LogP contribution is -2.41. The Balaban J connectivity index is 1.46. The molecule has 2 amide bonds. The summed E-state index contributed by atoms with van der Waals surface area (Å²) in [4.78, 5) is 19.2. The summed E-state index contributed by atoms with van der Waals surface area (Å²) in [7, 11) is 0. The second kappa shape index (κ2) is 8.25. The van der Waals surface area contributed by atoms with Crippen molar-refractivity contribution in [1.82, 2.24) is 15.0 Å². The lowest BCUT2D eigenvalue weighted by atomic mass is 9.98. The Bertz CT molecular complexity index is 1030. The molecule has 0 spiro atoms. The third kappa shape index (κ3) is 4.27. The molecule has 1 aromatic heterocycles. The van der Waals surface area contributed by atoms with Gasteiger partial charge in [0.15, 0.2) is 0 Å². The number of likely N-dealkylation sites (tertiary alicyclic amines) is 1. The molecule has 29 heavy (non-hydrogen) atoms. The molecule has 0 aliphatic carbocycles. The van der Waals surface area contributed by atoms with E-state index in [0.29, 0.717) is 29.8 Å². The molecule has 0 saturated carbocycles. The van der Waals surface area contributed by atoms with Gasteiger partial charge >= 0.3 is 6.03 Å². The van der Waals surface area contributed by atoms with E-state index < -0.39 is 0 Å². The molecular formula is C22H23ClN4O2. The highest BCUT2D eigenvalue weighted by Crippen LogP contribution is 2.29. The van der Waals surface area contributed by atoms with E-state index in [1.54, 1.807) is 12.1 Å². The summed E-state index contributed by atoms with van der Waals surface area (Å²) in [6, 6.07) is 13.2. The van der Waals surface area contributed by atoms with E-state index in [1.165, 1.54) is 0 Å². The van der Waals surface area contributed by atoms with Crippen molar-refractivity contribution >= 4 is 23.3 Å². The average molecular weight is 411 g/mol. The van der Waals surface area contributed by atoms with Gasteiger partial charge in [0.25, 0.3) is 0 Å². The van der Waals surface area contributed by atoms with Gasteiger partial charge in [-0.05, 0) is 56.0 Å². The molecule has 2 heterocycles. The van der Waals surface area contributed by atoms with Gasteiger partial charge < -0.3 is 14.7 Å². The van der Waals surface area contributed by atoms with Crippen LogP contribution in [0.1, 0.15) is 35.8 Å². The van der Waals surface area contributed by atoms with Crippen molar-refractivity contribution < 1.29 is 9.32 Å². The lowest BCUT2D eigenvalue weighted by molar-refractivity contribution is 0.184. The van der Waals surface area contributed by atoms with Crippen LogP contribution in [-0.2, 0) is 0 Å². The summed E-state index contributed by atoms with van der Waals surface area (Å²) >= 11 is 6.05. The fourth-order valence-corrected chi connectivity index (χ4v) is 3.78. The van der Waals surface area contributed by atoms with E-state index >= 15 is 0 Å². The van der Waals surface area contributed by atoms with Gasteiger partial charge in [-0.25, -0.2) is 4.79 Å². The summed E-state index contributed by atoms with van der Waals surface area (Å²) in [5, 5.41) is 7.76. The Kier molecular flexibility index (Phi) is 5.53. The largest absolute Gasteiger partial charge is 0.339 e. The van der Waals surface area contributed by atoms with E-state index in [0.717, 1.165) is 35.2 Å². The molecule has 2 aromatic carbocycles. The van der Waals surface area contributed by atoms with Crippen LogP contribution in [0.15, 0.2) is 47.0 Å². The predicted molar refractivity (Wildman–Crippen MR) is 113 cm³/mol. The number of hydrogen-bond donors (Lipinski definition) is 1. The van der Waals surface area contributed by atoms with Crippen LogP contribution < -0.4 is 5.32 Å². The first-order chi connectivity index (χ1) is 14.0. The fraction of sp³-hybridized carbons (Fsp3) is 0.318. The number of rotatable bonds is 3. The molecule has 1 N–H and O–H groups in total. The summed E-state index contributed by atoms with van der Waals surface area (Å²) < 4.78 is 5.52. The van der Waals surface area contributed by atoms with Crippen LogP contribution in [0.3, 0.4) is 0 Å². The summed E-state index contributed by atoms with van der Waals surface area (Å²) in [6.07, 6.45) is 1.80. The van der Waals surface area contributed by atoms with Crippen molar-refractivity contribution in [2.24, 2.45) is 0 Å². The maximum atomic E-state index is 12.8. The number of piperidine rings is 1. The highest BCUT2D eigenvalue weighted by Gasteiger charge is 2.29. The van der Waals surface area contributed by atoms with Gasteiger partial charge in [-0.3, -0.25) is 0 Å². The van der Waals surface area contributed by atoms with E-state index in [4.69, 9.17) is 16.1 Å². The maximum Gasteiger partial charge on any atom is 0.321 e. The molecule has 0 bridgehead atoms. The molecule has 1 fully saturated rings. The van der Waals surface area contributed by atoms with E-state index in [2.05, 4.69) is 15.5 Å². The molecule has 1 aliphatic heterocycles. The number of urea groups is 1. The number of nitrogens with zero attached hydrogens (tertiary/aromatic N) is 3. The maximum absolute atomic E-state index is 12.8. The van der Waals surface area contributed by atoms with Gasteiger partial charge in [-0.15, -0.1) is 0 Å². The molecule has 3 aromatic rings. The van der Waals surface area contributed by atoms with Crippen LogP contribution >= 0.6 is 11.6 Å². The average Bonchev–Trinajstić information content (AvgIpc) is 3.22. The first-order valence-corrected chi connectivity index (χ1v) is 10.1. The Morgan fingerprint density at radius 3 is 2.90 bits per heavy atom. The molecule has 7 heteroatoms. The number of anilines is 1. The molecule has 0 radical (unpaired) electrons. The summed E-state index contributed by atoms with van der Waals surface area (Å²) in [5.74, 6) is 1.09. The Labute approximate surface area is 174 Å². The van der Waals surface area contributed by atoms with Crippen molar-refractivity contribution in [3.05, 3.63) is 64.5 Å². The fourth-order valence-electron chi connectivity index (χ4n) is 3.59. The molecule has 1 aliphatic rings. The number of aryl methyl sites for hydroxylation is 1. The van der Waals surface area contributed by atoms with Gasteiger partial charge in [0, 0.05) is 29.4 Å². The van der Waals surface area contributed by atoms with Crippen molar-refractivity contribution in [1.29, 1.82) is 0 Å². The number of halogens is 1. The smallest absolute Gasteiger partial charge is 0.321 e. The van der Waals surface area contributed by atoms with Gasteiger partial charge in [-0.2, -0.15) is 4.98 Å². The highest BCUT2D eigenvalue weighted by atomic mass is 35.5.